The third-order valence-corrected chi connectivity index (χ3v) is 5.57. The summed E-state index contributed by atoms with van der Waals surface area (Å²) in [5.74, 6) is 2.01. The SMILES string of the molecule is Cc1ccc(CN(CCCN2CCOCC2)Cc2c(C)nn(C(C)C)c2C)o1. The van der Waals surface area contributed by atoms with E-state index in [4.69, 9.17) is 14.3 Å². The second kappa shape index (κ2) is 9.72. The first-order valence-electron chi connectivity index (χ1n) is 10.6. The van der Waals surface area contributed by atoms with Crippen molar-refractivity contribution in [1.82, 2.24) is 19.6 Å². The van der Waals surface area contributed by atoms with Crippen molar-refractivity contribution < 1.29 is 9.15 Å². The van der Waals surface area contributed by atoms with Gasteiger partial charge in [-0.3, -0.25) is 14.5 Å². The van der Waals surface area contributed by atoms with E-state index in [0.29, 0.717) is 6.04 Å². The largest absolute Gasteiger partial charge is 0.465 e. The highest BCUT2D eigenvalue weighted by atomic mass is 16.5. The molecule has 1 saturated heterocycles. The minimum Gasteiger partial charge on any atom is -0.465 e. The summed E-state index contributed by atoms with van der Waals surface area (Å²) in [7, 11) is 0. The molecule has 0 saturated carbocycles. The summed E-state index contributed by atoms with van der Waals surface area (Å²) in [4.78, 5) is 5.01. The lowest BCUT2D eigenvalue weighted by molar-refractivity contribution is 0.0357. The molecule has 0 atom stereocenters. The Labute approximate surface area is 169 Å². The molecular weight excluding hydrogens is 352 g/mol. The summed E-state index contributed by atoms with van der Waals surface area (Å²) in [6.07, 6.45) is 1.15. The van der Waals surface area contributed by atoms with E-state index < -0.39 is 0 Å². The molecule has 0 bridgehead atoms. The van der Waals surface area contributed by atoms with Crippen molar-refractivity contribution in [2.24, 2.45) is 0 Å². The molecule has 0 spiro atoms. The highest BCUT2D eigenvalue weighted by Gasteiger charge is 2.18. The van der Waals surface area contributed by atoms with E-state index in [1.54, 1.807) is 0 Å². The lowest BCUT2D eigenvalue weighted by Crippen LogP contribution is -2.38. The van der Waals surface area contributed by atoms with Gasteiger partial charge in [0.2, 0.25) is 0 Å². The molecule has 6 heteroatoms. The fourth-order valence-electron chi connectivity index (χ4n) is 4.00. The average molecular weight is 389 g/mol. The number of furan rings is 1. The predicted molar refractivity (Wildman–Crippen MR) is 112 cm³/mol. The molecule has 1 fully saturated rings. The number of morpholine rings is 1. The van der Waals surface area contributed by atoms with E-state index in [9.17, 15) is 0 Å². The molecule has 3 heterocycles. The van der Waals surface area contributed by atoms with Gasteiger partial charge < -0.3 is 9.15 Å². The van der Waals surface area contributed by atoms with E-state index >= 15 is 0 Å². The van der Waals surface area contributed by atoms with Crippen LogP contribution in [0.1, 0.15) is 54.8 Å². The van der Waals surface area contributed by atoms with Gasteiger partial charge in [-0.25, -0.2) is 0 Å². The average Bonchev–Trinajstić information content (AvgIpc) is 3.20. The summed E-state index contributed by atoms with van der Waals surface area (Å²) < 4.78 is 13.5. The van der Waals surface area contributed by atoms with Crippen LogP contribution >= 0.6 is 0 Å². The molecule has 0 aromatic carbocycles. The second-order valence-corrected chi connectivity index (χ2v) is 8.22. The fraction of sp³-hybridized carbons (Fsp3) is 0.682. The monoisotopic (exact) mass is 388 g/mol. The summed E-state index contributed by atoms with van der Waals surface area (Å²) in [5, 5.41) is 4.77. The summed E-state index contributed by atoms with van der Waals surface area (Å²) in [6.45, 7) is 18.5. The third kappa shape index (κ3) is 5.46. The quantitative estimate of drug-likeness (QED) is 0.655. The van der Waals surface area contributed by atoms with Crippen molar-refractivity contribution in [1.29, 1.82) is 0 Å². The van der Waals surface area contributed by atoms with Crippen LogP contribution in [0.5, 0.6) is 0 Å². The Bertz CT molecular complexity index is 744. The van der Waals surface area contributed by atoms with Crippen LogP contribution in [-0.4, -0.2) is 59.0 Å². The second-order valence-electron chi connectivity index (χ2n) is 8.22. The van der Waals surface area contributed by atoms with Gasteiger partial charge in [0, 0.05) is 43.5 Å². The first-order chi connectivity index (χ1) is 13.4. The van der Waals surface area contributed by atoms with Gasteiger partial charge in [0.25, 0.3) is 0 Å². The Kier molecular flexibility index (Phi) is 7.32. The maximum atomic E-state index is 5.86. The van der Waals surface area contributed by atoms with Crippen LogP contribution in [0, 0.1) is 20.8 Å². The van der Waals surface area contributed by atoms with Crippen LogP contribution in [0.25, 0.3) is 0 Å². The molecule has 0 N–H and O–H groups in total. The van der Waals surface area contributed by atoms with Gasteiger partial charge in [-0.05, 0) is 59.7 Å². The Morgan fingerprint density at radius 1 is 1.11 bits per heavy atom. The van der Waals surface area contributed by atoms with Gasteiger partial charge >= 0.3 is 0 Å². The molecular formula is C22H36N4O2. The van der Waals surface area contributed by atoms with Crippen molar-refractivity contribution in [3.05, 3.63) is 40.6 Å². The van der Waals surface area contributed by atoms with E-state index in [1.165, 1.54) is 11.3 Å². The summed E-state index contributed by atoms with van der Waals surface area (Å²) in [5.41, 5.74) is 3.77. The van der Waals surface area contributed by atoms with Crippen LogP contribution in [-0.2, 0) is 17.8 Å². The first-order valence-corrected chi connectivity index (χ1v) is 10.6. The minimum absolute atomic E-state index is 0.384. The molecule has 1 aliphatic heterocycles. The van der Waals surface area contributed by atoms with Crippen molar-refractivity contribution in [3.8, 4) is 0 Å². The van der Waals surface area contributed by atoms with Crippen molar-refractivity contribution in [2.45, 2.75) is 60.2 Å². The molecule has 1 aliphatic rings. The molecule has 0 amide bonds. The molecule has 28 heavy (non-hydrogen) atoms. The zero-order chi connectivity index (χ0) is 20.1. The minimum atomic E-state index is 0.384. The lowest BCUT2D eigenvalue weighted by Gasteiger charge is -2.28. The van der Waals surface area contributed by atoms with Crippen LogP contribution in [0.2, 0.25) is 0 Å². The molecule has 2 aromatic heterocycles. The van der Waals surface area contributed by atoms with Crippen molar-refractivity contribution in [2.75, 3.05) is 39.4 Å². The molecule has 0 radical (unpaired) electrons. The molecule has 6 nitrogen and oxygen atoms in total. The summed E-state index contributed by atoms with van der Waals surface area (Å²) >= 11 is 0. The zero-order valence-electron chi connectivity index (χ0n) is 18.2. The molecule has 2 aromatic rings. The number of hydrogen-bond acceptors (Lipinski definition) is 5. The summed E-state index contributed by atoms with van der Waals surface area (Å²) in [6, 6.07) is 4.53. The highest BCUT2D eigenvalue weighted by Crippen LogP contribution is 2.21. The van der Waals surface area contributed by atoms with Gasteiger partial charge in [0.1, 0.15) is 11.5 Å². The van der Waals surface area contributed by atoms with Gasteiger partial charge in [-0.1, -0.05) is 0 Å². The topological polar surface area (TPSA) is 46.7 Å². The highest BCUT2D eigenvalue weighted by molar-refractivity contribution is 5.25. The molecule has 156 valence electrons. The van der Waals surface area contributed by atoms with Gasteiger partial charge in [0.15, 0.2) is 0 Å². The molecule has 3 rings (SSSR count). The Hall–Kier alpha value is -1.63. The normalized spacial score (nSPS) is 15.8. The molecule has 0 unspecified atom stereocenters. The van der Waals surface area contributed by atoms with Crippen LogP contribution < -0.4 is 0 Å². The standard InChI is InChI=1S/C22H36N4O2/c1-17(2)26-20(5)22(19(4)23-26)16-25(15-21-8-7-18(3)28-21)10-6-9-24-11-13-27-14-12-24/h7-8,17H,6,9-16H2,1-5H3. The fourth-order valence-corrected chi connectivity index (χ4v) is 4.00. The Morgan fingerprint density at radius 2 is 1.86 bits per heavy atom. The number of aromatic nitrogens is 2. The first kappa shape index (κ1) is 21.1. The zero-order valence-corrected chi connectivity index (χ0v) is 18.2. The third-order valence-electron chi connectivity index (χ3n) is 5.57. The number of aryl methyl sites for hydroxylation is 2. The van der Waals surface area contributed by atoms with E-state index in [0.717, 1.165) is 76.1 Å². The van der Waals surface area contributed by atoms with Crippen LogP contribution in [0.3, 0.4) is 0 Å². The van der Waals surface area contributed by atoms with E-state index in [2.05, 4.69) is 54.3 Å². The maximum absolute atomic E-state index is 5.86. The Balaban J connectivity index is 1.66. The number of ether oxygens (including phenoxy) is 1. The van der Waals surface area contributed by atoms with Gasteiger partial charge in [-0.15, -0.1) is 0 Å². The van der Waals surface area contributed by atoms with E-state index in [-0.39, 0.29) is 0 Å². The van der Waals surface area contributed by atoms with Crippen molar-refractivity contribution in [3.63, 3.8) is 0 Å². The smallest absolute Gasteiger partial charge is 0.118 e. The lowest BCUT2D eigenvalue weighted by atomic mass is 10.1. The number of hydrogen-bond donors (Lipinski definition) is 0. The number of nitrogens with zero attached hydrogens (tertiary/aromatic N) is 4. The van der Waals surface area contributed by atoms with E-state index in [1.807, 2.05) is 6.92 Å². The van der Waals surface area contributed by atoms with Crippen LogP contribution in [0.15, 0.2) is 16.5 Å². The van der Waals surface area contributed by atoms with Gasteiger partial charge in [-0.2, -0.15) is 5.10 Å². The van der Waals surface area contributed by atoms with Gasteiger partial charge in [0.05, 0.1) is 25.5 Å². The Morgan fingerprint density at radius 3 is 2.46 bits per heavy atom. The molecule has 0 aliphatic carbocycles. The maximum Gasteiger partial charge on any atom is 0.118 e. The van der Waals surface area contributed by atoms with Crippen molar-refractivity contribution >= 4 is 0 Å². The predicted octanol–water partition coefficient (Wildman–Crippen LogP) is 3.71. The number of rotatable bonds is 9. The van der Waals surface area contributed by atoms with Crippen LogP contribution in [0.4, 0.5) is 0 Å².